The fourth-order valence-electron chi connectivity index (χ4n) is 0.832. The average Bonchev–Trinajstić information content (AvgIpc) is 1.96. The van der Waals surface area contributed by atoms with E-state index in [1.165, 1.54) is 13.8 Å². The van der Waals surface area contributed by atoms with Crippen molar-refractivity contribution in [2.24, 2.45) is 5.73 Å². The molecule has 0 fully saturated rings. The molecule has 7 heteroatoms. The van der Waals surface area contributed by atoms with Crippen LogP contribution in [0.1, 0.15) is 26.7 Å². The molecule has 0 amide bonds. The fourth-order valence-corrected chi connectivity index (χ4v) is 0.832. The van der Waals surface area contributed by atoms with E-state index in [-0.39, 0.29) is 0 Å². The number of aliphatic hydroxyl groups is 1. The van der Waals surface area contributed by atoms with Crippen molar-refractivity contribution in [3.63, 3.8) is 0 Å². The molecule has 3 N–H and O–H groups in total. The lowest BCUT2D eigenvalue weighted by Crippen LogP contribution is -2.45. The Morgan fingerprint density at radius 3 is 1.80 bits per heavy atom. The molecular formula is C8H14F5NO. The van der Waals surface area contributed by atoms with Gasteiger partial charge in [0.05, 0.1) is 5.60 Å². The van der Waals surface area contributed by atoms with Crippen LogP contribution in [0.3, 0.4) is 0 Å². The molecule has 0 saturated carbocycles. The predicted octanol–water partition coefficient (Wildman–Crippen LogP) is 2.06. The maximum Gasteiger partial charge on any atom is 0.453 e. The SMILES string of the molecule is CC(C)(O)[C@H](N)CCC(F)(F)C(F)(F)F. The molecule has 0 radical (unpaired) electrons. The van der Waals surface area contributed by atoms with Gasteiger partial charge in [0, 0.05) is 12.5 Å². The van der Waals surface area contributed by atoms with Crippen LogP contribution in [-0.4, -0.2) is 28.8 Å². The Morgan fingerprint density at radius 1 is 1.13 bits per heavy atom. The van der Waals surface area contributed by atoms with Gasteiger partial charge in [-0.2, -0.15) is 22.0 Å². The number of rotatable bonds is 4. The van der Waals surface area contributed by atoms with Gasteiger partial charge in [-0.25, -0.2) is 0 Å². The van der Waals surface area contributed by atoms with Gasteiger partial charge in [0.2, 0.25) is 0 Å². The molecule has 0 aromatic carbocycles. The van der Waals surface area contributed by atoms with Gasteiger partial charge >= 0.3 is 12.1 Å². The molecule has 2 nitrogen and oxygen atoms in total. The molecule has 0 heterocycles. The molecule has 1 atom stereocenters. The lowest BCUT2D eigenvalue weighted by atomic mass is 9.94. The first-order chi connectivity index (χ1) is 6.38. The Labute approximate surface area is 84.3 Å². The standard InChI is InChI=1S/C8H14F5NO/c1-6(2,15)5(14)3-4-7(9,10)8(11,12)13/h5,15H,3-4,14H2,1-2H3/t5-/m1/s1. The molecule has 0 saturated heterocycles. The molecule has 0 aliphatic carbocycles. The topological polar surface area (TPSA) is 46.2 Å². The van der Waals surface area contributed by atoms with Crippen LogP contribution in [-0.2, 0) is 0 Å². The molecule has 15 heavy (non-hydrogen) atoms. The molecule has 0 unspecified atom stereocenters. The number of hydrogen-bond donors (Lipinski definition) is 2. The van der Waals surface area contributed by atoms with Gasteiger partial charge < -0.3 is 10.8 Å². The zero-order valence-corrected chi connectivity index (χ0v) is 8.41. The summed E-state index contributed by atoms with van der Waals surface area (Å²) in [6.45, 7) is 2.51. The minimum absolute atomic E-state index is 0.601. The summed E-state index contributed by atoms with van der Waals surface area (Å²) in [5.41, 5.74) is 3.78. The molecule has 92 valence electrons. The second-order valence-corrected chi connectivity index (χ2v) is 4.00. The maximum atomic E-state index is 12.4. The van der Waals surface area contributed by atoms with Crippen molar-refractivity contribution in [3.8, 4) is 0 Å². The fraction of sp³-hybridized carbons (Fsp3) is 1.00. The number of hydrogen-bond acceptors (Lipinski definition) is 2. The van der Waals surface area contributed by atoms with Crippen LogP contribution >= 0.6 is 0 Å². The Hall–Kier alpha value is -0.430. The van der Waals surface area contributed by atoms with Gasteiger partial charge in [-0.1, -0.05) is 0 Å². The number of alkyl halides is 5. The molecule has 0 rings (SSSR count). The van der Waals surface area contributed by atoms with E-state index >= 15 is 0 Å². The largest absolute Gasteiger partial charge is 0.453 e. The summed E-state index contributed by atoms with van der Waals surface area (Å²) < 4.78 is 60.0. The van der Waals surface area contributed by atoms with Crippen molar-refractivity contribution in [1.82, 2.24) is 0 Å². The average molecular weight is 235 g/mol. The zero-order chi connectivity index (χ0) is 12.5. The zero-order valence-electron chi connectivity index (χ0n) is 8.41. The van der Waals surface area contributed by atoms with E-state index in [0.717, 1.165) is 0 Å². The van der Waals surface area contributed by atoms with Crippen LogP contribution in [0.2, 0.25) is 0 Å². The second kappa shape index (κ2) is 4.21. The first-order valence-corrected chi connectivity index (χ1v) is 4.30. The van der Waals surface area contributed by atoms with Gasteiger partial charge in [0.25, 0.3) is 0 Å². The van der Waals surface area contributed by atoms with Crippen LogP contribution in [0.25, 0.3) is 0 Å². The molecule has 0 spiro atoms. The first-order valence-electron chi connectivity index (χ1n) is 4.30. The summed E-state index contributed by atoms with van der Waals surface area (Å²) in [7, 11) is 0. The van der Waals surface area contributed by atoms with Crippen LogP contribution in [0, 0.1) is 0 Å². The van der Waals surface area contributed by atoms with E-state index in [2.05, 4.69) is 0 Å². The number of nitrogens with two attached hydrogens (primary N) is 1. The van der Waals surface area contributed by atoms with Crippen LogP contribution < -0.4 is 5.73 Å². The van der Waals surface area contributed by atoms with E-state index < -0.39 is 36.6 Å². The summed E-state index contributed by atoms with van der Waals surface area (Å²) in [5, 5.41) is 9.23. The van der Waals surface area contributed by atoms with Crippen LogP contribution in [0.5, 0.6) is 0 Å². The van der Waals surface area contributed by atoms with E-state index in [1.807, 2.05) is 0 Å². The van der Waals surface area contributed by atoms with Crippen molar-refractivity contribution < 1.29 is 27.1 Å². The summed E-state index contributed by atoms with van der Waals surface area (Å²) in [5.74, 6) is -4.75. The molecular weight excluding hydrogens is 221 g/mol. The van der Waals surface area contributed by atoms with Crippen molar-refractivity contribution in [2.75, 3.05) is 0 Å². The lowest BCUT2D eigenvalue weighted by molar-refractivity contribution is -0.285. The van der Waals surface area contributed by atoms with E-state index in [4.69, 9.17) is 5.73 Å². The van der Waals surface area contributed by atoms with E-state index in [1.54, 1.807) is 0 Å². The van der Waals surface area contributed by atoms with E-state index in [0.29, 0.717) is 0 Å². The maximum absolute atomic E-state index is 12.4. The highest BCUT2D eigenvalue weighted by Crippen LogP contribution is 2.39. The molecule has 0 aromatic heterocycles. The van der Waals surface area contributed by atoms with Crippen LogP contribution in [0.15, 0.2) is 0 Å². The smallest absolute Gasteiger partial charge is 0.389 e. The Balaban J connectivity index is 4.29. The molecule has 0 aliphatic heterocycles. The van der Waals surface area contributed by atoms with Gasteiger partial charge in [-0.15, -0.1) is 0 Å². The third-order valence-electron chi connectivity index (χ3n) is 2.09. The highest BCUT2D eigenvalue weighted by Gasteiger charge is 2.56. The Morgan fingerprint density at radius 2 is 1.53 bits per heavy atom. The van der Waals surface area contributed by atoms with Gasteiger partial charge in [0.15, 0.2) is 0 Å². The Bertz CT molecular complexity index is 208. The number of halogens is 5. The van der Waals surface area contributed by atoms with E-state index in [9.17, 15) is 27.1 Å². The monoisotopic (exact) mass is 235 g/mol. The highest BCUT2D eigenvalue weighted by molar-refractivity contribution is 4.84. The lowest BCUT2D eigenvalue weighted by Gasteiger charge is -2.27. The highest BCUT2D eigenvalue weighted by atomic mass is 19.4. The first kappa shape index (κ1) is 14.6. The van der Waals surface area contributed by atoms with Gasteiger partial charge in [-0.05, 0) is 20.3 Å². The third kappa shape index (κ3) is 4.29. The van der Waals surface area contributed by atoms with Crippen molar-refractivity contribution in [2.45, 2.75) is 50.4 Å². The van der Waals surface area contributed by atoms with Gasteiger partial charge in [-0.3, -0.25) is 0 Å². The summed E-state index contributed by atoms with van der Waals surface area (Å²) in [6.07, 6.45) is -7.58. The van der Waals surface area contributed by atoms with Crippen LogP contribution in [0.4, 0.5) is 22.0 Å². The predicted molar refractivity (Wildman–Crippen MR) is 44.5 cm³/mol. The molecule has 0 aromatic rings. The minimum Gasteiger partial charge on any atom is -0.389 e. The quantitative estimate of drug-likeness (QED) is 0.732. The molecule has 0 aliphatic rings. The molecule has 0 bridgehead atoms. The minimum atomic E-state index is -5.56. The van der Waals surface area contributed by atoms with Crippen molar-refractivity contribution >= 4 is 0 Å². The summed E-state index contributed by atoms with van der Waals surface area (Å²) in [6, 6.07) is -1.12. The Kier molecular flexibility index (Phi) is 4.09. The van der Waals surface area contributed by atoms with Gasteiger partial charge in [0.1, 0.15) is 0 Å². The summed E-state index contributed by atoms with van der Waals surface area (Å²) in [4.78, 5) is 0. The second-order valence-electron chi connectivity index (χ2n) is 4.00. The normalized spacial score (nSPS) is 16.6. The van der Waals surface area contributed by atoms with Crippen molar-refractivity contribution in [3.05, 3.63) is 0 Å². The summed E-state index contributed by atoms with van der Waals surface area (Å²) >= 11 is 0. The third-order valence-corrected chi connectivity index (χ3v) is 2.09. The van der Waals surface area contributed by atoms with Crippen molar-refractivity contribution in [1.29, 1.82) is 0 Å².